The lowest BCUT2D eigenvalue weighted by atomic mass is 10.1. The van der Waals surface area contributed by atoms with Crippen molar-refractivity contribution >= 4 is 27.9 Å². The molecular weight excluding hydrogens is 500 g/mol. The van der Waals surface area contributed by atoms with Crippen LogP contribution in [0.1, 0.15) is 57.1 Å². The van der Waals surface area contributed by atoms with Gasteiger partial charge in [-0.15, -0.1) is 0 Å². The standard InChI is InChI=1S/C25H34N4O7S/c1-4-17-11-25(17,22(31)28-37(33,34)24(2)7-8-24)27-21(30)20-10-19(12-26-20)36-23(32)29-13-15-5-6-18(35-3)9-16(15)14-29/h5-6,9,17,19-20,26H,4,7-8,10-14H2,1-3H3,(H,27,30)(H,28,31)/t17-,19-,20+,25-/m1/s1. The predicted octanol–water partition coefficient (Wildman–Crippen LogP) is 1.16. The first-order valence-corrected chi connectivity index (χ1v) is 14.2. The second-order valence-electron chi connectivity index (χ2n) is 10.8. The number of sulfonamides is 1. The summed E-state index contributed by atoms with van der Waals surface area (Å²) < 4.78 is 37.4. The Bertz CT molecular complexity index is 1230. The molecule has 37 heavy (non-hydrogen) atoms. The Hall–Kier alpha value is -2.86. The van der Waals surface area contributed by atoms with Gasteiger partial charge in [-0.05, 0) is 55.4 Å². The van der Waals surface area contributed by atoms with E-state index in [9.17, 15) is 22.8 Å². The second-order valence-corrected chi connectivity index (χ2v) is 13.0. The number of nitrogens with one attached hydrogen (secondary N) is 3. The van der Waals surface area contributed by atoms with Gasteiger partial charge in [-0.1, -0.05) is 19.4 Å². The molecule has 12 heteroatoms. The fourth-order valence-electron chi connectivity index (χ4n) is 5.24. The van der Waals surface area contributed by atoms with Crippen molar-refractivity contribution in [2.75, 3.05) is 13.7 Å². The Balaban J connectivity index is 1.15. The summed E-state index contributed by atoms with van der Waals surface area (Å²) in [7, 11) is -2.21. The van der Waals surface area contributed by atoms with E-state index in [1.807, 2.05) is 25.1 Å². The summed E-state index contributed by atoms with van der Waals surface area (Å²) in [5, 5.41) is 5.88. The van der Waals surface area contributed by atoms with Gasteiger partial charge >= 0.3 is 6.09 Å². The zero-order valence-electron chi connectivity index (χ0n) is 21.3. The molecule has 2 aliphatic heterocycles. The van der Waals surface area contributed by atoms with Crippen LogP contribution in [-0.4, -0.2) is 67.3 Å². The van der Waals surface area contributed by atoms with Gasteiger partial charge in [0.25, 0.3) is 5.91 Å². The van der Waals surface area contributed by atoms with Crippen LogP contribution in [0.5, 0.6) is 5.75 Å². The minimum absolute atomic E-state index is 0.135. The Morgan fingerprint density at radius 3 is 2.57 bits per heavy atom. The quantitative estimate of drug-likeness (QED) is 0.451. The number of benzene rings is 1. The lowest BCUT2D eigenvalue weighted by molar-refractivity contribution is -0.130. The third-order valence-corrected chi connectivity index (χ3v) is 10.4. The van der Waals surface area contributed by atoms with Crippen molar-refractivity contribution in [1.29, 1.82) is 0 Å². The molecule has 5 rings (SSSR count). The van der Waals surface area contributed by atoms with E-state index in [-0.39, 0.29) is 12.3 Å². The molecule has 1 aromatic carbocycles. The first-order valence-electron chi connectivity index (χ1n) is 12.7. The molecule has 1 aromatic rings. The number of methoxy groups -OCH3 is 1. The molecular formula is C25H34N4O7S. The maximum atomic E-state index is 13.1. The minimum Gasteiger partial charge on any atom is -0.497 e. The molecule has 11 nitrogen and oxygen atoms in total. The van der Waals surface area contributed by atoms with E-state index in [0.29, 0.717) is 45.3 Å². The largest absolute Gasteiger partial charge is 0.497 e. The van der Waals surface area contributed by atoms with Crippen molar-refractivity contribution in [2.24, 2.45) is 5.92 Å². The second kappa shape index (κ2) is 9.16. The predicted molar refractivity (Wildman–Crippen MR) is 133 cm³/mol. The molecule has 4 atom stereocenters. The van der Waals surface area contributed by atoms with E-state index >= 15 is 0 Å². The molecule has 2 aliphatic carbocycles. The number of fused-ring (bicyclic) bond motifs is 1. The molecule has 202 valence electrons. The van der Waals surface area contributed by atoms with Crippen molar-refractivity contribution in [2.45, 2.75) is 81.5 Å². The smallest absolute Gasteiger partial charge is 0.410 e. The Morgan fingerprint density at radius 1 is 1.19 bits per heavy atom. The van der Waals surface area contributed by atoms with Gasteiger partial charge in [-0.3, -0.25) is 19.2 Å². The van der Waals surface area contributed by atoms with Gasteiger partial charge in [0.05, 0.1) is 17.9 Å². The summed E-state index contributed by atoms with van der Waals surface area (Å²) in [6.45, 7) is 4.69. The molecule has 3 N–H and O–H groups in total. The van der Waals surface area contributed by atoms with Gasteiger partial charge in [0.15, 0.2) is 0 Å². The van der Waals surface area contributed by atoms with Crippen molar-refractivity contribution in [1.82, 2.24) is 20.3 Å². The highest BCUT2D eigenvalue weighted by Gasteiger charge is 2.62. The minimum atomic E-state index is -3.81. The van der Waals surface area contributed by atoms with Crippen LogP contribution in [0.15, 0.2) is 18.2 Å². The number of rotatable bonds is 8. The molecule has 1 saturated heterocycles. The number of hydrogen-bond donors (Lipinski definition) is 3. The maximum absolute atomic E-state index is 13.1. The highest BCUT2D eigenvalue weighted by molar-refractivity contribution is 7.91. The lowest BCUT2D eigenvalue weighted by Crippen LogP contribution is -2.56. The van der Waals surface area contributed by atoms with E-state index < -0.39 is 50.4 Å². The summed E-state index contributed by atoms with van der Waals surface area (Å²) in [6.07, 6.45) is 1.35. The van der Waals surface area contributed by atoms with Crippen LogP contribution in [0.4, 0.5) is 4.79 Å². The first-order chi connectivity index (χ1) is 17.5. The molecule has 0 aromatic heterocycles. The van der Waals surface area contributed by atoms with Gasteiger partial charge in [-0.2, -0.15) is 0 Å². The number of nitrogens with zero attached hydrogens (tertiary/aromatic N) is 1. The molecule has 0 spiro atoms. The molecule has 0 radical (unpaired) electrons. The van der Waals surface area contributed by atoms with E-state index in [1.54, 1.807) is 18.9 Å². The zero-order chi connectivity index (χ0) is 26.6. The van der Waals surface area contributed by atoms with Crippen LogP contribution < -0.4 is 20.1 Å². The zero-order valence-corrected chi connectivity index (χ0v) is 22.2. The van der Waals surface area contributed by atoms with Crippen molar-refractivity contribution < 1.29 is 32.3 Å². The lowest BCUT2D eigenvalue weighted by Gasteiger charge is -2.22. The van der Waals surface area contributed by atoms with Crippen LogP contribution >= 0.6 is 0 Å². The van der Waals surface area contributed by atoms with Crippen LogP contribution in [0.25, 0.3) is 0 Å². The third kappa shape index (κ3) is 4.76. The summed E-state index contributed by atoms with van der Waals surface area (Å²) in [5.74, 6) is -0.480. The van der Waals surface area contributed by atoms with Gasteiger partial charge in [-0.25, -0.2) is 13.2 Å². The van der Waals surface area contributed by atoms with Gasteiger partial charge in [0, 0.05) is 26.1 Å². The van der Waals surface area contributed by atoms with E-state index in [1.165, 1.54) is 0 Å². The van der Waals surface area contributed by atoms with Crippen molar-refractivity contribution in [3.8, 4) is 5.75 Å². The SMILES string of the molecule is CC[C@@H]1C[C@]1(NC(=O)[C@@H]1C[C@@H](OC(=O)N2Cc3ccc(OC)cc3C2)CN1)C(=O)NS(=O)(=O)C1(C)CC1. The molecule has 0 unspecified atom stereocenters. The van der Waals surface area contributed by atoms with Gasteiger partial charge in [0.2, 0.25) is 15.9 Å². The van der Waals surface area contributed by atoms with Crippen LogP contribution in [0.3, 0.4) is 0 Å². The van der Waals surface area contributed by atoms with E-state index in [0.717, 1.165) is 16.9 Å². The fraction of sp³-hybridized carbons (Fsp3) is 0.640. The van der Waals surface area contributed by atoms with Crippen LogP contribution in [0, 0.1) is 5.92 Å². The van der Waals surface area contributed by atoms with Crippen molar-refractivity contribution in [3.05, 3.63) is 29.3 Å². The van der Waals surface area contributed by atoms with Crippen LogP contribution in [-0.2, 0) is 37.4 Å². The Labute approximate surface area is 216 Å². The summed E-state index contributed by atoms with van der Waals surface area (Å²) in [4.78, 5) is 40.5. The monoisotopic (exact) mass is 534 g/mol. The summed E-state index contributed by atoms with van der Waals surface area (Å²) >= 11 is 0. The summed E-state index contributed by atoms with van der Waals surface area (Å²) in [5.41, 5.74) is 0.813. The normalized spacial score (nSPS) is 29.3. The fourth-order valence-corrected chi connectivity index (χ4v) is 6.55. The average molecular weight is 535 g/mol. The number of carbonyl (C=O) groups is 3. The summed E-state index contributed by atoms with van der Waals surface area (Å²) in [6, 6.07) is 5.04. The van der Waals surface area contributed by atoms with Gasteiger partial charge in [0.1, 0.15) is 17.4 Å². The van der Waals surface area contributed by atoms with Crippen LogP contribution in [0.2, 0.25) is 0 Å². The number of amides is 3. The Kier molecular flexibility index (Phi) is 6.38. The number of carbonyl (C=O) groups excluding carboxylic acids is 3. The number of hydrogen-bond acceptors (Lipinski definition) is 8. The molecule has 4 aliphatic rings. The topological polar surface area (TPSA) is 143 Å². The molecule has 0 bridgehead atoms. The first kappa shape index (κ1) is 25.8. The molecule has 3 fully saturated rings. The molecule has 3 amide bonds. The molecule has 2 heterocycles. The number of ether oxygens (including phenoxy) is 2. The molecule has 2 saturated carbocycles. The average Bonchev–Trinajstić information content (AvgIpc) is 3.65. The highest BCUT2D eigenvalue weighted by Crippen LogP contribution is 2.48. The highest BCUT2D eigenvalue weighted by atomic mass is 32.2. The Morgan fingerprint density at radius 2 is 1.92 bits per heavy atom. The van der Waals surface area contributed by atoms with Crippen molar-refractivity contribution in [3.63, 3.8) is 0 Å². The maximum Gasteiger partial charge on any atom is 0.410 e. The third-order valence-electron chi connectivity index (χ3n) is 8.25. The van der Waals surface area contributed by atoms with Gasteiger partial charge < -0.3 is 20.1 Å². The van der Waals surface area contributed by atoms with E-state index in [4.69, 9.17) is 9.47 Å². The van der Waals surface area contributed by atoms with E-state index in [2.05, 4.69) is 15.4 Å².